The van der Waals surface area contributed by atoms with Gasteiger partial charge in [0.25, 0.3) is 0 Å². The first kappa shape index (κ1) is 37.7. The van der Waals surface area contributed by atoms with E-state index in [9.17, 15) is 0 Å². The van der Waals surface area contributed by atoms with Crippen LogP contribution in [0.1, 0.15) is 116 Å². The fourth-order valence-corrected chi connectivity index (χ4v) is 8.95. The molecule has 5 nitrogen and oxygen atoms in total. The molecule has 5 heteroatoms. The lowest BCUT2D eigenvalue weighted by Crippen LogP contribution is -2.21. The topological polar surface area (TPSA) is 44.9 Å². The molecule has 1 aliphatic carbocycles. The fourth-order valence-electron chi connectivity index (χ4n) is 8.95. The Morgan fingerprint density at radius 1 is 0.833 bits per heavy atom. The van der Waals surface area contributed by atoms with Gasteiger partial charge in [-0.2, -0.15) is 5.10 Å². The zero-order valence-corrected chi connectivity index (χ0v) is 34.5. The average Bonchev–Trinajstić information content (AvgIpc) is 3.60. The van der Waals surface area contributed by atoms with Crippen molar-refractivity contribution >= 4 is 21.8 Å². The van der Waals surface area contributed by atoms with Gasteiger partial charge in [-0.05, 0) is 122 Å². The number of benzene rings is 3. The van der Waals surface area contributed by atoms with Gasteiger partial charge in [0.15, 0.2) is 0 Å². The number of aromatic nitrogens is 4. The van der Waals surface area contributed by atoms with Gasteiger partial charge in [-0.25, -0.2) is 9.67 Å². The Morgan fingerprint density at radius 2 is 1.59 bits per heavy atom. The first-order valence-corrected chi connectivity index (χ1v) is 20.3. The Labute approximate surface area is 323 Å². The smallest absolute Gasteiger partial charge is 0.137 e. The summed E-state index contributed by atoms with van der Waals surface area (Å²) in [6.45, 7) is 25.3. The van der Waals surface area contributed by atoms with Gasteiger partial charge < -0.3 is 4.74 Å². The number of fused-ring (bicyclic) bond motifs is 3. The second kappa shape index (κ2) is 14.9. The molecule has 3 aromatic heterocycles. The normalized spacial score (nSPS) is 17.9. The number of ether oxygens (including phenoxy) is 1. The van der Waals surface area contributed by atoms with Crippen molar-refractivity contribution in [1.29, 1.82) is 0 Å². The summed E-state index contributed by atoms with van der Waals surface area (Å²) in [6, 6.07) is 26.2. The molecule has 7 rings (SSSR count). The summed E-state index contributed by atoms with van der Waals surface area (Å²) < 4.78 is 11.4. The van der Waals surface area contributed by atoms with Crippen LogP contribution in [0.3, 0.4) is 0 Å². The van der Waals surface area contributed by atoms with Crippen LogP contribution in [-0.4, -0.2) is 19.3 Å². The number of nitrogens with zero attached hydrogens (tertiary/aromatic N) is 4. The Kier molecular flexibility index (Phi) is 10.4. The van der Waals surface area contributed by atoms with Crippen molar-refractivity contribution in [3.05, 3.63) is 119 Å². The van der Waals surface area contributed by atoms with E-state index in [1.807, 2.05) is 6.20 Å². The molecule has 0 radical (unpaired) electrons. The third-order valence-electron chi connectivity index (χ3n) is 11.4. The number of rotatable bonds is 10. The molecule has 54 heavy (non-hydrogen) atoms. The van der Waals surface area contributed by atoms with Crippen LogP contribution in [-0.2, 0) is 18.3 Å². The minimum Gasteiger partial charge on any atom is -0.457 e. The minimum absolute atomic E-state index is 0.0896. The summed E-state index contributed by atoms with van der Waals surface area (Å²) in [4.78, 5) is 4.89. The highest BCUT2D eigenvalue weighted by Gasteiger charge is 2.33. The Hall–Kier alpha value is -4.64. The van der Waals surface area contributed by atoms with Crippen LogP contribution in [0.15, 0.2) is 90.6 Å². The van der Waals surface area contributed by atoms with Crippen molar-refractivity contribution in [1.82, 2.24) is 19.3 Å². The van der Waals surface area contributed by atoms with E-state index in [-0.39, 0.29) is 5.41 Å². The van der Waals surface area contributed by atoms with E-state index >= 15 is 0 Å². The maximum Gasteiger partial charge on any atom is 0.137 e. The van der Waals surface area contributed by atoms with Crippen molar-refractivity contribution in [2.45, 2.75) is 113 Å². The molecular formula is C49H60N4O. The summed E-state index contributed by atoms with van der Waals surface area (Å²) in [5.74, 6) is 5.27. The lowest BCUT2D eigenvalue weighted by atomic mass is 9.72. The standard InChI is InChI=1S/C49H60N4O/c1-30(2)16-19-44-48(47-33(6)23-32(5)24-34(47)7)35(8)51-53(44)38-26-37(49(9,10)11)27-40(28-38)54-39-17-18-42-41-14-12-13-15-43(41)52(45(42)29-39)46-25-36(20-21-50-46)22-31(3)4/h12-15,17-18,20-21,23,25-32,34,47H,16,19,22,24H2,1-11H3/t32-,34-,47?/m0/s1. The van der Waals surface area contributed by atoms with Crippen molar-refractivity contribution in [2.24, 2.45) is 23.7 Å². The van der Waals surface area contributed by atoms with E-state index in [0.29, 0.717) is 29.6 Å². The Balaban J connectivity index is 1.35. The van der Waals surface area contributed by atoms with E-state index < -0.39 is 0 Å². The van der Waals surface area contributed by atoms with Crippen molar-refractivity contribution in [3.8, 4) is 23.0 Å². The predicted molar refractivity (Wildman–Crippen MR) is 227 cm³/mol. The molecule has 0 amide bonds. The van der Waals surface area contributed by atoms with Crippen LogP contribution < -0.4 is 4.74 Å². The number of allylic oxidation sites excluding steroid dienone is 2. The molecule has 1 aliphatic rings. The molecule has 0 spiro atoms. The van der Waals surface area contributed by atoms with Crippen LogP contribution in [0, 0.1) is 30.6 Å². The van der Waals surface area contributed by atoms with Crippen molar-refractivity contribution in [3.63, 3.8) is 0 Å². The molecule has 3 aromatic carbocycles. The summed E-state index contributed by atoms with van der Waals surface area (Å²) in [5, 5.41) is 7.74. The van der Waals surface area contributed by atoms with E-state index in [0.717, 1.165) is 59.0 Å². The lowest BCUT2D eigenvalue weighted by Gasteiger charge is -2.33. The van der Waals surface area contributed by atoms with Gasteiger partial charge in [-0.3, -0.25) is 4.57 Å². The average molecular weight is 721 g/mol. The molecule has 3 atom stereocenters. The lowest BCUT2D eigenvalue weighted by molar-refractivity contribution is 0.389. The summed E-state index contributed by atoms with van der Waals surface area (Å²) in [5.41, 5.74) is 11.1. The fraction of sp³-hybridized carbons (Fsp3) is 0.429. The second-order valence-electron chi connectivity index (χ2n) is 18.1. The Bertz CT molecular complexity index is 2330. The van der Waals surface area contributed by atoms with Gasteiger partial charge in [0.1, 0.15) is 17.3 Å². The van der Waals surface area contributed by atoms with E-state index in [2.05, 4.69) is 164 Å². The highest BCUT2D eigenvalue weighted by Crippen LogP contribution is 2.44. The highest BCUT2D eigenvalue weighted by atomic mass is 16.5. The maximum absolute atomic E-state index is 6.90. The van der Waals surface area contributed by atoms with Crippen molar-refractivity contribution in [2.75, 3.05) is 0 Å². The molecule has 0 saturated heterocycles. The largest absolute Gasteiger partial charge is 0.457 e. The molecule has 0 bridgehead atoms. The van der Waals surface area contributed by atoms with Crippen molar-refractivity contribution < 1.29 is 4.74 Å². The third-order valence-corrected chi connectivity index (χ3v) is 11.4. The van der Waals surface area contributed by atoms with Crippen LogP contribution in [0.5, 0.6) is 11.5 Å². The zero-order valence-electron chi connectivity index (χ0n) is 34.5. The number of aryl methyl sites for hydroxylation is 1. The van der Waals surface area contributed by atoms with Gasteiger partial charge in [0.2, 0.25) is 0 Å². The molecule has 282 valence electrons. The summed E-state index contributed by atoms with van der Waals surface area (Å²) >= 11 is 0. The van der Waals surface area contributed by atoms with Crippen LogP contribution in [0.4, 0.5) is 0 Å². The molecule has 0 saturated carbocycles. The van der Waals surface area contributed by atoms with E-state index in [1.165, 1.54) is 45.2 Å². The number of hydrogen-bond donors (Lipinski definition) is 0. The van der Waals surface area contributed by atoms with Gasteiger partial charge in [-0.15, -0.1) is 0 Å². The van der Waals surface area contributed by atoms with Crippen LogP contribution >= 0.6 is 0 Å². The number of pyridine rings is 1. The number of hydrogen-bond acceptors (Lipinski definition) is 3. The summed E-state index contributed by atoms with van der Waals surface area (Å²) in [6.07, 6.45) is 8.76. The molecule has 0 fully saturated rings. The molecule has 0 aliphatic heterocycles. The SMILES string of the molecule is CC1=C[C@H](C)C[C@H](C)C1c1c(C)nn(-c2cc(Oc3ccc4c5ccccc5n(-c5cc(CC(C)C)ccn5)c4c3)cc(C(C)(C)C)c2)c1CCC(C)C. The first-order chi connectivity index (χ1) is 25.7. The second-order valence-corrected chi connectivity index (χ2v) is 18.1. The van der Waals surface area contributed by atoms with E-state index in [4.69, 9.17) is 14.8 Å². The molecule has 3 heterocycles. The molecular weight excluding hydrogens is 661 g/mol. The quantitative estimate of drug-likeness (QED) is 0.132. The van der Waals surface area contributed by atoms with Gasteiger partial charge in [0.05, 0.1) is 22.4 Å². The third kappa shape index (κ3) is 7.52. The molecule has 0 N–H and O–H groups in total. The Morgan fingerprint density at radius 3 is 2.31 bits per heavy atom. The van der Waals surface area contributed by atoms with Gasteiger partial charge in [0, 0.05) is 46.3 Å². The van der Waals surface area contributed by atoms with Gasteiger partial charge in [-0.1, -0.05) is 92.2 Å². The summed E-state index contributed by atoms with van der Waals surface area (Å²) in [7, 11) is 0. The predicted octanol–water partition coefficient (Wildman–Crippen LogP) is 13.3. The van der Waals surface area contributed by atoms with Crippen LogP contribution in [0.2, 0.25) is 0 Å². The minimum atomic E-state index is -0.0896. The highest BCUT2D eigenvalue weighted by molar-refractivity contribution is 6.09. The monoisotopic (exact) mass is 720 g/mol. The molecule has 1 unspecified atom stereocenters. The van der Waals surface area contributed by atoms with Crippen LogP contribution in [0.25, 0.3) is 33.3 Å². The van der Waals surface area contributed by atoms with E-state index in [1.54, 1.807) is 0 Å². The maximum atomic E-state index is 6.90. The zero-order chi connectivity index (χ0) is 38.5. The first-order valence-electron chi connectivity index (χ1n) is 20.3. The number of para-hydroxylation sites is 1. The van der Waals surface area contributed by atoms with Gasteiger partial charge >= 0.3 is 0 Å². The molecule has 6 aromatic rings.